The number of rotatable bonds is 3. The minimum atomic E-state index is 0.530. The summed E-state index contributed by atoms with van der Waals surface area (Å²) in [6.07, 6.45) is 1.70. The van der Waals surface area contributed by atoms with Gasteiger partial charge in [0.25, 0.3) is 0 Å². The van der Waals surface area contributed by atoms with Crippen molar-refractivity contribution in [3.05, 3.63) is 23.9 Å². The van der Waals surface area contributed by atoms with E-state index < -0.39 is 0 Å². The fourth-order valence-corrected chi connectivity index (χ4v) is 1.73. The summed E-state index contributed by atoms with van der Waals surface area (Å²) >= 11 is 0. The topological polar surface area (TPSA) is 73.0 Å². The molecule has 1 aromatic rings. The molecule has 0 bridgehead atoms. The molecule has 98 valence electrons. The molecule has 0 unspecified atom stereocenters. The molecule has 6 heteroatoms. The molecule has 18 heavy (non-hydrogen) atoms. The number of nitrogens with zero attached hydrogens (tertiary/aromatic N) is 3. The molecule has 1 saturated heterocycles. The van der Waals surface area contributed by atoms with Crippen LogP contribution in [0.1, 0.15) is 5.56 Å². The van der Waals surface area contributed by atoms with Crippen LogP contribution in [0.15, 0.2) is 23.3 Å². The second kappa shape index (κ2) is 6.20. The van der Waals surface area contributed by atoms with E-state index in [4.69, 9.17) is 15.2 Å². The van der Waals surface area contributed by atoms with Crippen LogP contribution < -0.4 is 10.5 Å². The van der Waals surface area contributed by atoms with Crippen molar-refractivity contribution >= 4 is 5.96 Å². The van der Waals surface area contributed by atoms with Gasteiger partial charge in [-0.15, -0.1) is 0 Å². The molecular formula is C12H18N4O2. The van der Waals surface area contributed by atoms with Gasteiger partial charge in [0.15, 0.2) is 5.96 Å². The third-order valence-corrected chi connectivity index (χ3v) is 2.77. The summed E-state index contributed by atoms with van der Waals surface area (Å²) in [7, 11) is 1.59. The van der Waals surface area contributed by atoms with Crippen LogP contribution in [0.2, 0.25) is 0 Å². The Morgan fingerprint density at radius 1 is 1.56 bits per heavy atom. The largest absolute Gasteiger partial charge is 0.481 e. The number of nitrogens with two attached hydrogens (primary N) is 1. The first-order chi connectivity index (χ1) is 8.79. The van der Waals surface area contributed by atoms with Gasteiger partial charge in [-0.1, -0.05) is 0 Å². The average molecular weight is 250 g/mol. The zero-order valence-electron chi connectivity index (χ0n) is 10.5. The second-order valence-corrected chi connectivity index (χ2v) is 3.98. The van der Waals surface area contributed by atoms with Gasteiger partial charge in [0.2, 0.25) is 5.88 Å². The summed E-state index contributed by atoms with van der Waals surface area (Å²) in [5, 5.41) is 0. The number of morpholine rings is 1. The smallest absolute Gasteiger partial charge is 0.213 e. The van der Waals surface area contributed by atoms with Crippen LogP contribution in [0.3, 0.4) is 0 Å². The standard InChI is InChI=1S/C12H18N4O2/c1-17-11-8-10(2-3-14-11)9-15-12(13)16-4-6-18-7-5-16/h2-3,8H,4-7,9H2,1H3,(H2,13,15). The lowest BCUT2D eigenvalue weighted by Gasteiger charge is -2.27. The minimum Gasteiger partial charge on any atom is -0.481 e. The Kier molecular flexibility index (Phi) is 4.35. The fraction of sp³-hybridized carbons (Fsp3) is 0.500. The molecule has 1 aliphatic heterocycles. The average Bonchev–Trinajstić information content (AvgIpc) is 2.46. The molecule has 0 saturated carbocycles. The van der Waals surface area contributed by atoms with Crippen LogP contribution in [0.5, 0.6) is 5.88 Å². The molecule has 1 aromatic heterocycles. The fourth-order valence-electron chi connectivity index (χ4n) is 1.73. The molecule has 1 aliphatic rings. The number of methoxy groups -OCH3 is 1. The zero-order chi connectivity index (χ0) is 12.8. The summed E-state index contributed by atoms with van der Waals surface area (Å²) in [5.41, 5.74) is 6.97. The molecule has 0 amide bonds. The molecule has 0 aliphatic carbocycles. The maximum atomic E-state index is 5.94. The Bertz CT molecular complexity index is 416. The van der Waals surface area contributed by atoms with Crippen LogP contribution >= 0.6 is 0 Å². The third-order valence-electron chi connectivity index (χ3n) is 2.77. The quantitative estimate of drug-likeness (QED) is 0.614. The van der Waals surface area contributed by atoms with Gasteiger partial charge in [-0.05, 0) is 11.6 Å². The molecular weight excluding hydrogens is 232 g/mol. The second-order valence-electron chi connectivity index (χ2n) is 3.98. The predicted octanol–water partition coefficient (Wildman–Crippen LogP) is 0.237. The highest BCUT2D eigenvalue weighted by atomic mass is 16.5. The van der Waals surface area contributed by atoms with Gasteiger partial charge < -0.3 is 20.1 Å². The summed E-state index contributed by atoms with van der Waals surface area (Å²) in [5.74, 6) is 1.15. The number of hydrogen-bond donors (Lipinski definition) is 1. The first-order valence-corrected chi connectivity index (χ1v) is 5.91. The molecule has 0 aromatic carbocycles. The van der Waals surface area contributed by atoms with Gasteiger partial charge in [0.1, 0.15) is 0 Å². The Morgan fingerprint density at radius 2 is 2.33 bits per heavy atom. The number of pyridine rings is 1. The van der Waals surface area contributed by atoms with Gasteiger partial charge in [-0.2, -0.15) is 0 Å². The summed E-state index contributed by atoms with van der Waals surface area (Å²) < 4.78 is 10.3. The van der Waals surface area contributed by atoms with Crippen molar-refractivity contribution in [2.45, 2.75) is 6.54 Å². The van der Waals surface area contributed by atoms with Crippen LogP contribution in [0.4, 0.5) is 0 Å². The number of guanidine groups is 1. The van der Waals surface area contributed by atoms with E-state index in [-0.39, 0.29) is 0 Å². The highest BCUT2D eigenvalue weighted by Gasteiger charge is 2.11. The van der Waals surface area contributed by atoms with Crippen molar-refractivity contribution in [2.75, 3.05) is 33.4 Å². The van der Waals surface area contributed by atoms with Gasteiger partial charge >= 0.3 is 0 Å². The van der Waals surface area contributed by atoms with E-state index in [1.807, 2.05) is 17.0 Å². The predicted molar refractivity (Wildman–Crippen MR) is 68.5 cm³/mol. The van der Waals surface area contributed by atoms with Crippen molar-refractivity contribution in [1.82, 2.24) is 9.88 Å². The Labute approximate surface area is 106 Å². The SMILES string of the molecule is COc1cc(CN=C(N)N2CCOCC2)ccn1. The Morgan fingerprint density at radius 3 is 3.06 bits per heavy atom. The highest BCUT2D eigenvalue weighted by Crippen LogP contribution is 2.09. The lowest BCUT2D eigenvalue weighted by Crippen LogP contribution is -2.44. The van der Waals surface area contributed by atoms with E-state index in [1.54, 1.807) is 13.3 Å². The monoisotopic (exact) mass is 250 g/mol. The van der Waals surface area contributed by atoms with Crippen LogP contribution in [0, 0.1) is 0 Å². The van der Waals surface area contributed by atoms with Gasteiger partial charge in [-0.25, -0.2) is 9.98 Å². The Hall–Kier alpha value is -1.82. The first kappa shape index (κ1) is 12.6. The molecule has 2 heterocycles. The van der Waals surface area contributed by atoms with E-state index in [1.165, 1.54) is 0 Å². The molecule has 2 rings (SSSR count). The van der Waals surface area contributed by atoms with Crippen molar-refractivity contribution in [3.8, 4) is 5.88 Å². The van der Waals surface area contributed by atoms with Crippen molar-refractivity contribution in [2.24, 2.45) is 10.7 Å². The van der Waals surface area contributed by atoms with Gasteiger partial charge in [-0.3, -0.25) is 0 Å². The molecule has 6 nitrogen and oxygen atoms in total. The van der Waals surface area contributed by atoms with Crippen LogP contribution in [-0.2, 0) is 11.3 Å². The normalized spacial score (nSPS) is 16.7. The van der Waals surface area contributed by atoms with Crippen molar-refractivity contribution < 1.29 is 9.47 Å². The van der Waals surface area contributed by atoms with Crippen LogP contribution in [-0.4, -0.2) is 49.3 Å². The van der Waals surface area contributed by atoms with Gasteiger partial charge in [0, 0.05) is 25.4 Å². The third kappa shape index (κ3) is 3.33. The molecule has 0 radical (unpaired) electrons. The number of aliphatic imine (C=N–C) groups is 1. The number of aromatic nitrogens is 1. The van der Waals surface area contributed by atoms with Crippen molar-refractivity contribution in [1.29, 1.82) is 0 Å². The van der Waals surface area contributed by atoms with E-state index in [0.29, 0.717) is 31.6 Å². The lowest BCUT2D eigenvalue weighted by atomic mass is 10.3. The molecule has 0 atom stereocenters. The minimum absolute atomic E-state index is 0.530. The zero-order valence-corrected chi connectivity index (χ0v) is 10.5. The Balaban J connectivity index is 1.95. The maximum absolute atomic E-state index is 5.94. The molecule has 2 N–H and O–H groups in total. The van der Waals surface area contributed by atoms with Crippen LogP contribution in [0.25, 0.3) is 0 Å². The summed E-state index contributed by atoms with van der Waals surface area (Å²) in [6.45, 7) is 3.55. The van der Waals surface area contributed by atoms with E-state index >= 15 is 0 Å². The molecule has 0 spiro atoms. The van der Waals surface area contributed by atoms with Crippen molar-refractivity contribution in [3.63, 3.8) is 0 Å². The first-order valence-electron chi connectivity index (χ1n) is 5.91. The number of ether oxygens (including phenoxy) is 2. The summed E-state index contributed by atoms with van der Waals surface area (Å²) in [4.78, 5) is 10.5. The highest BCUT2D eigenvalue weighted by molar-refractivity contribution is 5.78. The molecule has 1 fully saturated rings. The van der Waals surface area contributed by atoms with E-state index in [9.17, 15) is 0 Å². The number of hydrogen-bond acceptors (Lipinski definition) is 4. The van der Waals surface area contributed by atoms with E-state index in [0.717, 1.165) is 18.7 Å². The van der Waals surface area contributed by atoms with Gasteiger partial charge in [0.05, 0.1) is 26.9 Å². The van der Waals surface area contributed by atoms with E-state index in [2.05, 4.69) is 9.98 Å². The lowest BCUT2D eigenvalue weighted by molar-refractivity contribution is 0.0674. The summed E-state index contributed by atoms with van der Waals surface area (Å²) in [6, 6.07) is 3.76. The maximum Gasteiger partial charge on any atom is 0.213 e.